The zero-order valence-corrected chi connectivity index (χ0v) is 15.2. The Labute approximate surface area is 157 Å². The van der Waals surface area contributed by atoms with Gasteiger partial charge in [-0.2, -0.15) is 0 Å². The maximum absolute atomic E-state index is 12.8. The summed E-state index contributed by atoms with van der Waals surface area (Å²) in [6, 6.07) is 13.6. The largest absolute Gasteiger partial charge is 0.466 e. The van der Waals surface area contributed by atoms with Crippen LogP contribution in [0.3, 0.4) is 0 Å². The first-order chi connectivity index (χ1) is 12.9. The van der Waals surface area contributed by atoms with Crippen molar-refractivity contribution in [1.29, 1.82) is 0 Å². The van der Waals surface area contributed by atoms with Crippen LogP contribution in [0, 0.1) is 6.92 Å². The highest BCUT2D eigenvalue weighted by Gasteiger charge is 2.50. The van der Waals surface area contributed by atoms with Gasteiger partial charge in [-0.25, -0.2) is 4.79 Å². The van der Waals surface area contributed by atoms with Gasteiger partial charge >= 0.3 is 12.0 Å². The number of benzene rings is 2. The zero-order chi connectivity index (χ0) is 19.4. The highest BCUT2D eigenvalue weighted by atomic mass is 16.5. The molecule has 1 heterocycles. The van der Waals surface area contributed by atoms with Crippen LogP contribution in [0.2, 0.25) is 0 Å². The normalized spacial score (nSPS) is 17.6. The SMILES string of the molecule is CCOC(=O)CC1(NC(=O)Nc2ccc(C)cc2)C(=O)Nc2ccccc21. The molecule has 1 unspecified atom stereocenters. The Hall–Kier alpha value is -3.35. The second-order valence-electron chi connectivity index (χ2n) is 6.33. The molecule has 0 saturated heterocycles. The summed E-state index contributed by atoms with van der Waals surface area (Å²) >= 11 is 0. The van der Waals surface area contributed by atoms with Crippen molar-refractivity contribution in [2.75, 3.05) is 17.2 Å². The molecule has 27 heavy (non-hydrogen) atoms. The zero-order valence-electron chi connectivity index (χ0n) is 15.2. The number of carbonyl (C=O) groups excluding carboxylic acids is 3. The van der Waals surface area contributed by atoms with Crippen LogP contribution < -0.4 is 16.0 Å². The Bertz CT molecular complexity index is 879. The van der Waals surface area contributed by atoms with Gasteiger partial charge in [0, 0.05) is 16.9 Å². The molecule has 3 rings (SSSR count). The molecule has 0 radical (unpaired) electrons. The third-order valence-electron chi connectivity index (χ3n) is 4.37. The summed E-state index contributed by atoms with van der Waals surface area (Å²) in [5, 5.41) is 8.11. The minimum atomic E-state index is -1.53. The van der Waals surface area contributed by atoms with Gasteiger partial charge in [-0.3, -0.25) is 9.59 Å². The van der Waals surface area contributed by atoms with Crippen molar-refractivity contribution in [3.8, 4) is 0 Å². The minimum Gasteiger partial charge on any atom is -0.466 e. The van der Waals surface area contributed by atoms with Gasteiger partial charge in [-0.05, 0) is 32.0 Å². The van der Waals surface area contributed by atoms with Gasteiger partial charge in [0.2, 0.25) is 0 Å². The Kier molecular flexibility index (Phi) is 5.12. The number of urea groups is 1. The summed E-state index contributed by atoms with van der Waals surface area (Å²) in [5.41, 5.74) is 1.20. The predicted octanol–water partition coefficient (Wildman–Crippen LogP) is 2.92. The highest BCUT2D eigenvalue weighted by Crippen LogP contribution is 2.38. The van der Waals surface area contributed by atoms with E-state index in [1.165, 1.54) is 0 Å². The van der Waals surface area contributed by atoms with E-state index in [9.17, 15) is 14.4 Å². The van der Waals surface area contributed by atoms with Crippen molar-refractivity contribution in [2.45, 2.75) is 25.8 Å². The van der Waals surface area contributed by atoms with Crippen LogP contribution in [0.5, 0.6) is 0 Å². The molecular formula is C20H21N3O4. The fourth-order valence-corrected chi connectivity index (χ4v) is 3.08. The lowest BCUT2D eigenvalue weighted by Gasteiger charge is -2.28. The molecule has 2 aromatic rings. The Morgan fingerprint density at radius 1 is 1.11 bits per heavy atom. The quantitative estimate of drug-likeness (QED) is 0.708. The van der Waals surface area contributed by atoms with Crippen LogP contribution in [-0.4, -0.2) is 24.5 Å². The van der Waals surface area contributed by atoms with Crippen LogP contribution in [0.1, 0.15) is 24.5 Å². The molecule has 1 atom stereocenters. The summed E-state index contributed by atoms with van der Waals surface area (Å²) < 4.78 is 5.01. The number of rotatable bonds is 5. The van der Waals surface area contributed by atoms with Crippen LogP contribution in [0.25, 0.3) is 0 Å². The average molecular weight is 367 g/mol. The van der Waals surface area contributed by atoms with Crippen molar-refractivity contribution in [3.63, 3.8) is 0 Å². The molecule has 2 aromatic carbocycles. The second-order valence-corrected chi connectivity index (χ2v) is 6.33. The van der Waals surface area contributed by atoms with Gasteiger partial charge in [0.1, 0.15) is 0 Å². The van der Waals surface area contributed by atoms with Crippen LogP contribution >= 0.6 is 0 Å². The van der Waals surface area contributed by atoms with E-state index < -0.39 is 23.4 Å². The molecule has 1 aliphatic heterocycles. The lowest BCUT2D eigenvalue weighted by atomic mass is 9.88. The molecule has 0 aromatic heterocycles. The smallest absolute Gasteiger partial charge is 0.320 e. The summed E-state index contributed by atoms with van der Waals surface area (Å²) in [4.78, 5) is 37.5. The lowest BCUT2D eigenvalue weighted by molar-refractivity contribution is -0.146. The van der Waals surface area contributed by atoms with E-state index >= 15 is 0 Å². The maximum Gasteiger partial charge on any atom is 0.320 e. The second kappa shape index (κ2) is 7.49. The van der Waals surface area contributed by atoms with E-state index in [0.717, 1.165) is 5.56 Å². The van der Waals surface area contributed by atoms with E-state index in [1.54, 1.807) is 43.3 Å². The Morgan fingerprint density at radius 3 is 2.52 bits per heavy atom. The molecule has 1 aliphatic rings. The average Bonchev–Trinajstić information content (AvgIpc) is 2.89. The van der Waals surface area contributed by atoms with E-state index in [4.69, 9.17) is 4.74 Å². The summed E-state index contributed by atoms with van der Waals surface area (Å²) in [5.74, 6) is -1.05. The number of hydrogen-bond donors (Lipinski definition) is 3. The molecule has 3 N–H and O–H groups in total. The number of aryl methyl sites for hydroxylation is 1. The molecule has 0 spiro atoms. The summed E-state index contributed by atoms with van der Waals surface area (Å²) in [7, 11) is 0. The van der Waals surface area contributed by atoms with Gasteiger partial charge in [0.15, 0.2) is 5.54 Å². The van der Waals surface area contributed by atoms with Crippen LogP contribution in [-0.2, 0) is 19.9 Å². The topological polar surface area (TPSA) is 96.5 Å². The molecule has 0 saturated carbocycles. The molecule has 0 aliphatic carbocycles. The number of para-hydroxylation sites is 1. The van der Waals surface area contributed by atoms with Crippen molar-refractivity contribution in [3.05, 3.63) is 59.7 Å². The van der Waals surface area contributed by atoms with E-state index in [2.05, 4.69) is 16.0 Å². The molecule has 0 bridgehead atoms. The van der Waals surface area contributed by atoms with Gasteiger partial charge in [0.25, 0.3) is 5.91 Å². The number of esters is 1. The van der Waals surface area contributed by atoms with Crippen molar-refractivity contribution in [1.82, 2.24) is 5.32 Å². The van der Waals surface area contributed by atoms with Crippen molar-refractivity contribution < 1.29 is 19.1 Å². The first kappa shape index (κ1) is 18.4. The van der Waals surface area contributed by atoms with Gasteiger partial charge in [-0.1, -0.05) is 35.9 Å². The molecule has 7 heteroatoms. The summed E-state index contributed by atoms with van der Waals surface area (Å²) in [6.45, 7) is 3.82. The molecule has 7 nitrogen and oxygen atoms in total. The summed E-state index contributed by atoms with van der Waals surface area (Å²) in [6.07, 6.45) is -0.301. The number of amides is 3. The number of ether oxygens (including phenoxy) is 1. The van der Waals surface area contributed by atoms with Crippen LogP contribution in [0.4, 0.5) is 16.2 Å². The fraction of sp³-hybridized carbons (Fsp3) is 0.250. The Balaban J connectivity index is 1.89. The third-order valence-corrected chi connectivity index (χ3v) is 4.37. The highest BCUT2D eigenvalue weighted by molar-refractivity contribution is 6.10. The predicted molar refractivity (Wildman–Crippen MR) is 101 cm³/mol. The first-order valence-corrected chi connectivity index (χ1v) is 8.67. The van der Waals surface area contributed by atoms with Gasteiger partial charge in [-0.15, -0.1) is 0 Å². The van der Waals surface area contributed by atoms with Gasteiger partial charge < -0.3 is 20.7 Å². The van der Waals surface area contributed by atoms with Crippen molar-refractivity contribution in [2.24, 2.45) is 0 Å². The van der Waals surface area contributed by atoms with Crippen molar-refractivity contribution >= 4 is 29.3 Å². The van der Waals surface area contributed by atoms with Gasteiger partial charge in [0.05, 0.1) is 13.0 Å². The van der Waals surface area contributed by atoms with E-state index in [0.29, 0.717) is 16.9 Å². The standard InChI is InChI=1S/C20H21N3O4/c1-3-27-17(24)12-20(15-6-4-5-7-16(15)22-18(20)25)23-19(26)21-14-10-8-13(2)9-11-14/h4-11H,3,12H2,1-2H3,(H,22,25)(H2,21,23,26). The monoisotopic (exact) mass is 367 g/mol. The van der Waals surface area contributed by atoms with E-state index in [-0.39, 0.29) is 13.0 Å². The lowest BCUT2D eigenvalue weighted by Crippen LogP contribution is -2.53. The molecule has 140 valence electrons. The number of fused-ring (bicyclic) bond motifs is 1. The van der Waals surface area contributed by atoms with Crippen LogP contribution in [0.15, 0.2) is 48.5 Å². The molecule has 0 fully saturated rings. The third kappa shape index (κ3) is 3.76. The maximum atomic E-state index is 12.8. The minimum absolute atomic E-state index is 0.188. The van der Waals surface area contributed by atoms with E-state index in [1.807, 2.05) is 19.1 Å². The number of anilines is 2. The first-order valence-electron chi connectivity index (χ1n) is 8.67. The molecule has 3 amide bonds. The number of hydrogen-bond acceptors (Lipinski definition) is 4. The fourth-order valence-electron chi connectivity index (χ4n) is 3.08. The number of nitrogens with one attached hydrogen (secondary N) is 3. The Morgan fingerprint density at radius 2 is 1.81 bits per heavy atom. The molecular weight excluding hydrogens is 346 g/mol. The number of carbonyl (C=O) groups is 3.